The van der Waals surface area contributed by atoms with Gasteiger partial charge in [0.05, 0.1) is 18.0 Å². The van der Waals surface area contributed by atoms with Gasteiger partial charge in [-0.2, -0.15) is 0 Å². The Hall–Kier alpha value is -2.16. The molecule has 3 heteroatoms. The molecule has 0 amide bonds. The summed E-state index contributed by atoms with van der Waals surface area (Å²) in [5.74, 6) is 1.54. The fourth-order valence-corrected chi connectivity index (χ4v) is 2.87. The van der Waals surface area contributed by atoms with E-state index in [1.165, 1.54) is 16.9 Å². The van der Waals surface area contributed by atoms with Crippen LogP contribution in [-0.2, 0) is 0 Å². The maximum Gasteiger partial charge on any atom is 0.122 e. The molecular weight excluding hydrogens is 260 g/mol. The fraction of sp³-hybridized carbons (Fsp3) is 0.333. The summed E-state index contributed by atoms with van der Waals surface area (Å²) in [5.41, 5.74) is 3.72. The second kappa shape index (κ2) is 6.08. The van der Waals surface area contributed by atoms with Crippen molar-refractivity contribution in [3.63, 3.8) is 0 Å². The molecule has 0 saturated heterocycles. The Morgan fingerprint density at radius 3 is 2.71 bits per heavy atom. The Morgan fingerprint density at radius 2 is 1.86 bits per heavy atom. The van der Waals surface area contributed by atoms with Crippen LogP contribution in [0.25, 0.3) is 0 Å². The van der Waals surface area contributed by atoms with Crippen LogP contribution < -0.4 is 15.0 Å². The van der Waals surface area contributed by atoms with E-state index < -0.39 is 0 Å². The minimum atomic E-state index is 0.505. The zero-order chi connectivity index (χ0) is 14.7. The van der Waals surface area contributed by atoms with Crippen molar-refractivity contribution in [2.24, 2.45) is 0 Å². The lowest BCUT2D eigenvalue weighted by molar-refractivity contribution is 0.270. The fourth-order valence-electron chi connectivity index (χ4n) is 2.87. The highest BCUT2D eigenvalue weighted by Gasteiger charge is 2.20. The number of fused-ring (bicyclic) bond motifs is 1. The Labute approximate surface area is 126 Å². The van der Waals surface area contributed by atoms with Gasteiger partial charge in [-0.1, -0.05) is 30.3 Å². The molecule has 1 heterocycles. The molecule has 1 atom stereocenters. The lowest BCUT2D eigenvalue weighted by Gasteiger charge is -2.27. The zero-order valence-corrected chi connectivity index (χ0v) is 12.7. The number of benzene rings is 2. The monoisotopic (exact) mass is 282 g/mol. The molecule has 0 aliphatic carbocycles. The summed E-state index contributed by atoms with van der Waals surface area (Å²) in [6.45, 7) is 1.74. The second-order valence-electron chi connectivity index (χ2n) is 5.66. The minimum Gasteiger partial charge on any atom is -0.493 e. The summed E-state index contributed by atoms with van der Waals surface area (Å²) < 4.78 is 5.73. The maximum absolute atomic E-state index is 5.73. The number of rotatable bonds is 4. The van der Waals surface area contributed by atoms with Crippen molar-refractivity contribution < 1.29 is 4.74 Å². The van der Waals surface area contributed by atoms with Gasteiger partial charge in [-0.25, -0.2) is 0 Å². The maximum atomic E-state index is 5.73. The lowest BCUT2D eigenvalue weighted by Crippen LogP contribution is -2.21. The van der Waals surface area contributed by atoms with Crippen molar-refractivity contribution >= 4 is 11.4 Å². The number of ether oxygens (including phenoxy) is 1. The van der Waals surface area contributed by atoms with E-state index in [0.29, 0.717) is 5.92 Å². The van der Waals surface area contributed by atoms with E-state index in [-0.39, 0.29) is 0 Å². The predicted molar refractivity (Wildman–Crippen MR) is 88.6 cm³/mol. The highest BCUT2D eigenvalue weighted by atomic mass is 16.5. The molecule has 3 nitrogen and oxygen atoms in total. The molecule has 1 unspecified atom stereocenters. The first-order chi connectivity index (χ1) is 10.3. The number of hydrogen-bond donors (Lipinski definition) is 1. The molecule has 0 bridgehead atoms. The highest BCUT2D eigenvalue weighted by Crippen LogP contribution is 2.34. The zero-order valence-electron chi connectivity index (χ0n) is 12.7. The predicted octanol–water partition coefficient (Wildman–Crippen LogP) is 3.73. The Balaban J connectivity index is 1.75. The molecule has 2 aromatic carbocycles. The normalized spacial score (nSPS) is 16.8. The summed E-state index contributed by atoms with van der Waals surface area (Å²) in [5, 5.41) is 3.61. The summed E-state index contributed by atoms with van der Waals surface area (Å²) in [4.78, 5) is 2.14. The van der Waals surface area contributed by atoms with Crippen molar-refractivity contribution in [2.75, 3.05) is 37.5 Å². The molecule has 0 radical (unpaired) electrons. The summed E-state index contributed by atoms with van der Waals surface area (Å²) in [7, 11) is 4.15. The van der Waals surface area contributed by atoms with Crippen LogP contribution in [0.2, 0.25) is 0 Å². The van der Waals surface area contributed by atoms with Crippen molar-refractivity contribution in [1.29, 1.82) is 0 Å². The Morgan fingerprint density at radius 1 is 1.10 bits per heavy atom. The second-order valence-corrected chi connectivity index (χ2v) is 5.66. The van der Waals surface area contributed by atoms with E-state index in [4.69, 9.17) is 4.74 Å². The van der Waals surface area contributed by atoms with E-state index in [9.17, 15) is 0 Å². The van der Waals surface area contributed by atoms with Crippen LogP contribution in [0.3, 0.4) is 0 Å². The third-order valence-electron chi connectivity index (χ3n) is 4.01. The minimum absolute atomic E-state index is 0.505. The number of anilines is 2. The van der Waals surface area contributed by atoms with Gasteiger partial charge in [-0.15, -0.1) is 0 Å². The quantitative estimate of drug-likeness (QED) is 0.924. The van der Waals surface area contributed by atoms with Crippen molar-refractivity contribution in [3.05, 3.63) is 54.1 Å². The number of hydrogen-bond acceptors (Lipinski definition) is 3. The van der Waals surface area contributed by atoms with E-state index in [1.54, 1.807) is 0 Å². The first-order valence-electron chi connectivity index (χ1n) is 7.47. The van der Waals surface area contributed by atoms with Gasteiger partial charge in [0.2, 0.25) is 0 Å². The first-order valence-corrected chi connectivity index (χ1v) is 7.47. The van der Waals surface area contributed by atoms with Gasteiger partial charge < -0.3 is 15.0 Å². The average Bonchev–Trinajstić information content (AvgIpc) is 2.53. The smallest absolute Gasteiger partial charge is 0.122 e. The van der Waals surface area contributed by atoms with E-state index >= 15 is 0 Å². The van der Waals surface area contributed by atoms with Gasteiger partial charge >= 0.3 is 0 Å². The van der Waals surface area contributed by atoms with Crippen molar-refractivity contribution in [1.82, 2.24) is 0 Å². The summed E-state index contributed by atoms with van der Waals surface area (Å²) in [6.07, 6.45) is 1.06. The molecule has 1 N–H and O–H groups in total. The van der Waals surface area contributed by atoms with Crippen molar-refractivity contribution in [3.8, 4) is 5.75 Å². The topological polar surface area (TPSA) is 24.5 Å². The molecule has 0 saturated carbocycles. The third kappa shape index (κ3) is 2.97. The summed E-state index contributed by atoms with van der Waals surface area (Å²) >= 11 is 0. The van der Waals surface area contributed by atoms with Crippen LogP contribution in [0.15, 0.2) is 48.5 Å². The molecule has 2 aromatic rings. The SMILES string of the molecule is CN(C)c1ccccc1NCC1CCOc2ccccc21. The van der Waals surface area contributed by atoms with Crippen LogP contribution in [0.1, 0.15) is 17.9 Å². The van der Waals surface area contributed by atoms with Crippen LogP contribution in [0, 0.1) is 0 Å². The largest absolute Gasteiger partial charge is 0.493 e. The molecule has 0 aromatic heterocycles. The molecule has 1 aliphatic rings. The highest BCUT2D eigenvalue weighted by molar-refractivity contribution is 5.69. The van der Waals surface area contributed by atoms with Gasteiger partial charge in [0.15, 0.2) is 0 Å². The third-order valence-corrected chi connectivity index (χ3v) is 4.01. The van der Waals surface area contributed by atoms with Gasteiger partial charge in [0, 0.05) is 26.6 Å². The molecule has 110 valence electrons. The van der Waals surface area contributed by atoms with Crippen LogP contribution in [0.4, 0.5) is 11.4 Å². The van der Waals surface area contributed by atoms with E-state index in [0.717, 1.165) is 25.3 Å². The molecule has 21 heavy (non-hydrogen) atoms. The van der Waals surface area contributed by atoms with Gasteiger partial charge in [-0.3, -0.25) is 0 Å². The Bertz CT molecular complexity index is 610. The number of nitrogens with one attached hydrogen (secondary N) is 1. The lowest BCUT2D eigenvalue weighted by atomic mass is 9.93. The van der Waals surface area contributed by atoms with Gasteiger partial charge in [0.1, 0.15) is 5.75 Å². The molecule has 0 fully saturated rings. The number of nitrogens with zero attached hydrogens (tertiary/aromatic N) is 1. The first kappa shape index (κ1) is 13.8. The number of para-hydroxylation sites is 3. The molecule has 0 spiro atoms. The molecule has 3 rings (SSSR count). The molecule has 1 aliphatic heterocycles. The van der Waals surface area contributed by atoms with E-state index in [2.05, 4.69) is 66.8 Å². The van der Waals surface area contributed by atoms with Gasteiger partial charge in [0.25, 0.3) is 0 Å². The summed E-state index contributed by atoms with van der Waals surface area (Å²) in [6, 6.07) is 16.8. The van der Waals surface area contributed by atoms with Gasteiger partial charge in [-0.05, 0) is 30.2 Å². The van der Waals surface area contributed by atoms with Crippen LogP contribution >= 0.6 is 0 Å². The average molecular weight is 282 g/mol. The molecular formula is C18H22N2O. The van der Waals surface area contributed by atoms with Crippen LogP contribution in [-0.4, -0.2) is 27.2 Å². The standard InChI is InChI=1S/C18H22N2O/c1-20(2)17-9-5-4-8-16(17)19-13-14-11-12-21-18-10-6-3-7-15(14)18/h3-10,14,19H,11-13H2,1-2H3. The van der Waals surface area contributed by atoms with Crippen LogP contribution in [0.5, 0.6) is 5.75 Å². The Kier molecular flexibility index (Phi) is 4.00. The van der Waals surface area contributed by atoms with E-state index in [1.807, 2.05) is 6.07 Å². The van der Waals surface area contributed by atoms with Crippen molar-refractivity contribution in [2.45, 2.75) is 12.3 Å².